The van der Waals surface area contributed by atoms with Crippen LogP contribution in [0, 0.1) is 0 Å². The van der Waals surface area contributed by atoms with Crippen LogP contribution in [0.15, 0.2) is 164 Å². The number of hydrogen-bond acceptors (Lipinski definition) is 0. The van der Waals surface area contributed by atoms with Crippen LogP contribution in [0.2, 0.25) is 0 Å². The Kier molecular flexibility index (Phi) is 6.18. The Labute approximate surface area is 338 Å². The summed E-state index contributed by atoms with van der Waals surface area (Å²) in [5, 5.41) is 7.87. The van der Waals surface area contributed by atoms with Gasteiger partial charge in [0, 0.05) is 48.8 Å². The van der Waals surface area contributed by atoms with Crippen molar-refractivity contribution in [3.8, 4) is 16.8 Å². The number of hydrogen-bond donors (Lipinski definition) is 0. The molecule has 0 saturated heterocycles. The smallest absolute Gasteiger partial charge is 0.0638 e. The zero-order chi connectivity index (χ0) is 38.7. The van der Waals surface area contributed by atoms with Gasteiger partial charge in [-0.15, -0.1) is 0 Å². The van der Waals surface area contributed by atoms with Crippen LogP contribution in [-0.4, -0.2) is 9.13 Å². The van der Waals surface area contributed by atoms with Crippen LogP contribution >= 0.6 is 0 Å². The van der Waals surface area contributed by atoms with Gasteiger partial charge in [-0.3, -0.25) is 0 Å². The SMILES string of the molecule is CC1(C)C2=C(CC(n3c4ccccc4c4ccccc43)c3ccccc32)c2cc3c(cc21)-c1cc(-n2c4ccccc4c4ccccc42)c2ccccc2c1C3(C)C. The first-order chi connectivity index (χ1) is 28.3. The molecule has 0 radical (unpaired) electrons. The Hall–Kier alpha value is -6.64. The molecule has 58 heavy (non-hydrogen) atoms. The number of allylic oxidation sites excluding steroid dienone is 2. The van der Waals surface area contributed by atoms with Crippen molar-refractivity contribution >= 4 is 65.5 Å². The summed E-state index contributed by atoms with van der Waals surface area (Å²) in [5.74, 6) is 0. The third-order valence-electron chi connectivity index (χ3n) is 14.4. The van der Waals surface area contributed by atoms with Gasteiger partial charge in [0.2, 0.25) is 0 Å². The Morgan fingerprint density at radius 2 is 0.914 bits per heavy atom. The third-order valence-corrected chi connectivity index (χ3v) is 14.4. The van der Waals surface area contributed by atoms with Crippen LogP contribution in [0.4, 0.5) is 0 Å². The topological polar surface area (TPSA) is 9.86 Å². The van der Waals surface area contributed by atoms with Crippen molar-refractivity contribution in [1.82, 2.24) is 9.13 Å². The minimum absolute atomic E-state index is 0.166. The molecular formula is C56H42N2. The highest BCUT2D eigenvalue weighted by molar-refractivity contribution is 6.13. The number of nitrogens with zero attached hydrogens (tertiary/aromatic N) is 2. The van der Waals surface area contributed by atoms with E-state index in [4.69, 9.17) is 0 Å². The molecule has 0 spiro atoms. The zero-order valence-corrected chi connectivity index (χ0v) is 33.3. The second-order valence-corrected chi connectivity index (χ2v) is 18.0. The molecule has 10 aromatic rings. The molecule has 8 aromatic carbocycles. The van der Waals surface area contributed by atoms with Gasteiger partial charge in [0.1, 0.15) is 0 Å². The second kappa shape index (κ2) is 11.1. The van der Waals surface area contributed by atoms with E-state index in [-0.39, 0.29) is 16.9 Å². The minimum atomic E-state index is -0.190. The summed E-state index contributed by atoms with van der Waals surface area (Å²) in [5.41, 5.74) is 20.3. The third kappa shape index (κ3) is 3.93. The molecule has 276 valence electrons. The van der Waals surface area contributed by atoms with Gasteiger partial charge >= 0.3 is 0 Å². The summed E-state index contributed by atoms with van der Waals surface area (Å²) in [7, 11) is 0. The lowest BCUT2D eigenvalue weighted by Crippen LogP contribution is -2.22. The highest BCUT2D eigenvalue weighted by Crippen LogP contribution is 2.62. The fourth-order valence-corrected chi connectivity index (χ4v) is 12.0. The van der Waals surface area contributed by atoms with Gasteiger partial charge < -0.3 is 9.13 Å². The normalized spacial score (nSPS) is 17.3. The molecule has 1 atom stereocenters. The lowest BCUT2D eigenvalue weighted by molar-refractivity contribution is 0.624. The van der Waals surface area contributed by atoms with Crippen LogP contribution in [0.3, 0.4) is 0 Å². The number of fused-ring (bicyclic) bond motifs is 15. The van der Waals surface area contributed by atoms with Crippen molar-refractivity contribution in [3.05, 3.63) is 197 Å². The molecule has 0 bridgehead atoms. The predicted molar refractivity (Wildman–Crippen MR) is 244 cm³/mol. The van der Waals surface area contributed by atoms with Gasteiger partial charge in [-0.1, -0.05) is 149 Å². The number of rotatable bonds is 2. The van der Waals surface area contributed by atoms with E-state index in [0.29, 0.717) is 0 Å². The van der Waals surface area contributed by atoms with Crippen molar-refractivity contribution in [1.29, 1.82) is 0 Å². The lowest BCUT2D eigenvalue weighted by Gasteiger charge is -2.34. The van der Waals surface area contributed by atoms with Crippen molar-refractivity contribution in [2.75, 3.05) is 0 Å². The maximum absolute atomic E-state index is 2.65. The van der Waals surface area contributed by atoms with Crippen LogP contribution in [0.5, 0.6) is 0 Å². The molecule has 0 N–H and O–H groups in total. The van der Waals surface area contributed by atoms with E-state index in [0.717, 1.165) is 6.42 Å². The van der Waals surface area contributed by atoms with Gasteiger partial charge in [-0.05, 0) is 110 Å². The van der Waals surface area contributed by atoms with E-state index in [2.05, 4.69) is 201 Å². The van der Waals surface area contributed by atoms with Gasteiger partial charge in [0.15, 0.2) is 0 Å². The van der Waals surface area contributed by atoms with Crippen LogP contribution < -0.4 is 0 Å². The summed E-state index contributed by atoms with van der Waals surface area (Å²) in [6.07, 6.45) is 0.957. The lowest BCUT2D eigenvalue weighted by atomic mass is 9.73. The molecule has 2 heteroatoms. The molecule has 2 heterocycles. The van der Waals surface area contributed by atoms with Crippen molar-refractivity contribution < 1.29 is 0 Å². The molecule has 2 aromatic heterocycles. The van der Waals surface area contributed by atoms with Crippen molar-refractivity contribution in [2.45, 2.75) is 51.0 Å². The van der Waals surface area contributed by atoms with Crippen molar-refractivity contribution in [2.24, 2.45) is 0 Å². The molecule has 0 fully saturated rings. The van der Waals surface area contributed by atoms with E-state index in [9.17, 15) is 0 Å². The average molecular weight is 743 g/mol. The number of aromatic nitrogens is 2. The first-order valence-corrected chi connectivity index (χ1v) is 20.9. The highest BCUT2D eigenvalue weighted by atomic mass is 15.0. The van der Waals surface area contributed by atoms with Gasteiger partial charge in [-0.25, -0.2) is 0 Å². The van der Waals surface area contributed by atoms with E-state index in [1.165, 1.54) is 116 Å². The average Bonchev–Trinajstić information content (AvgIpc) is 3.91. The quantitative estimate of drug-likeness (QED) is 0.167. The molecule has 3 aliphatic rings. The Bertz CT molecular complexity index is 3380. The summed E-state index contributed by atoms with van der Waals surface area (Å²) in [4.78, 5) is 0. The Balaban J connectivity index is 1.06. The molecule has 13 rings (SSSR count). The zero-order valence-electron chi connectivity index (χ0n) is 33.3. The summed E-state index contributed by atoms with van der Waals surface area (Å²) < 4.78 is 5.16. The van der Waals surface area contributed by atoms with E-state index in [1.54, 1.807) is 0 Å². The first-order valence-electron chi connectivity index (χ1n) is 20.9. The molecule has 2 nitrogen and oxygen atoms in total. The van der Waals surface area contributed by atoms with E-state index >= 15 is 0 Å². The molecule has 0 aliphatic heterocycles. The van der Waals surface area contributed by atoms with Gasteiger partial charge in [-0.2, -0.15) is 0 Å². The van der Waals surface area contributed by atoms with Crippen LogP contribution in [0.25, 0.3) is 82.3 Å². The number of benzene rings is 8. The molecule has 0 saturated carbocycles. The summed E-state index contributed by atoms with van der Waals surface area (Å²) >= 11 is 0. The molecule has 1 unspecified atom stereocenters. The molecule has 3 aliphatic carbocycles. The Morgan fingerprint density at radius 1 is 0.431 bits per heavy atom. The minimum Gasteiger partial charge on any atom is -0.332 e. The fraction of sp³-hybridized carbons (Fsp3) is 0.143. The number of para-hydroxylation sites is 4. The maximum Gasteiger partial charge on any atom is 0.0638 e. The fourth-order valence-electron chi connectivity index (χ4n) is 12.0. The van der Waals surface area contributed by atoms with Crippen LogP contribution in [0.1, 0.15) is 73.5 Å². The maximum atomic E-state index is 2.65. The van der Waals surface area contributed by atoms with E-state index in [1.807, 2.05) is 0 Å². The highest BCUT2D eigenvalue weighted by Gasteiger charge is 2.47. The van der Waals surface area contributed by atoms with Crippen molar-refractivity contribution in [3.63, 3.8) is 0 Å². The Morgan fingerprint density at radius 3 is 1.55 bits per heavy atom. The second-order valence-electron chi connectivity index (χ2n) is 18.0. The summed E-state index contributed by atoms with van der Waals surface area (Å²) in [6.45, 7) is 9.87. The molecule has 0 amide bonds. The standard InChI is InChI=1S/C56H42N2/c1-55(2)45-29-42-44-32-52(58-49-27-15-11-19-35(49)36-20-12-16-28-50(36)58)38-22-6-8-24-40(38)54(44)56(3,4)46(42)30-41(45)43-31-51(37-21-5-7-23-39(37)53(43)55)57-47-25-13-9-17-33(47)34-18-10-14-26-48(34)57/h5-31,52H,32H2,1-4H3. The summed E-state index contributed by atoms with van der Waals surface area (Å²) in [6, 6.07) is 62.1. The first kappa shape index (κ1) is 32.4. The van der Waals surface area contributed by atoms with Crippen LogP contribution in [-0.2, 0) is 10.8 Å². The monoisotopic (exact) mass is 742 g/mol. The van der Waals surface area contributed by atoms with Gasteiger partial charge in [0.05, 0.1) is 22.8 Å². The molecular weight excluding hydrogens is 701 g/mol. The largest absolute Gasteiger partial charge is 0.332 e. The van der Waals surface area contributed by atoms with Gasteiger partial charge in [0.25, 0.3) is 0 Å². The van der Waals surface area contributed by atoms with E-state index < -0.39 is 0 Å². The predicted octanol–water partition coefficient (Wildman–Crippen LogP) is 14.5.